The molecule has 0 aliphatic rings. The van der Waals surface area contributed by atoms with Crippen LogP contribution in [0.3, 0.4) is 0 Å². The SMILES string of the molecule is N=C(N)c1ccc(Cl)cc1Sc1nc2ccccc2o1. The van der Waals surface area contributed by atoms with Gasteiger partial charge in [0.05, 0.1) is 0 Å². The molecule has 0 unspecified atom stereocenters. The summed E-state index contributed by atoms with van der Waals surface area (Å²) in [6, 6.07) is 12.7. The van der Waals surface area contributed by atoms with Crippen molar-refractivity contribution in [3.63, 3.8) is 0 Å². The molecule has 20 heavy (non-hydrogen) atoms. The zero-order valence-electron chi connectivity index (χ0n) is 10.3. The molecule has 0 saturated heterocycles. The van der Waals surface area contributed by atoms with Crippen LogP contribution in [0.1, 0.15) is 5.56 Å². The van der Waals surface area contributed by atoms with E-state index in [1.54, 1.807) is 18.2 Å². The zero-order chi connectivity index (χ0) is 14.1. The van der Waals surface area contributed by atoms with Crippen molar-refractivity contribution in [2.45, 2.75) is 10.1 Å². The van der Waals surface area contributed by atoms with Crippen LogP contribution in [0.4, 0.5) is 0 Å². The van der Waals surface area contributed by atoms with Crippen LogP contribution in [0.15, 0.2) is 57.0 Å². The number of amidine groups is 1. The summed E-state index contributed by atoms with van der Waals surface area (Å²) in [7, 11) is 0. The largest absolute Gasteiger partial charge is 0.431 e. The second kappa shape index (κ2) is 5.19. The number of halogens is 1. The number of hydrogen-bond donors (Lipinski definition) is 2. The van der Waals surface area contributed by atoms with E-state index in [-0.39, 0.29) is 5.84 Å². The van der Waals surface area contributed by atoms with Crippen LogP contribution in [0.2, 0.25) is 5.02 Å². The molecule has 0 saturated carbocycles. The second-order valence-corrected chi connectivity index (χ2v) is 5.53. The number of nitrogen functional groups attached to an aromatic ring is 1. The fourth-order valence-electron chi connectivity index (χ4n) is 1.79. The van der Waals surface area contributed by atoms with Gasteiger partial charge >= 0.3 is 0 Å². The van der Waals surface area contributed by atoms with Crippen molar-refractivity contribution >= 4 is 40.3 Å². The molecule has 0 aliphatic carbocycles. The lowest BCUT2D eigenvalue weighted by Crippen LogP contribution is -2.12. The minimum absolute atomic E-state index is 0.0136. The molecule has 4 nitrogen and oxygen atoms in total. The highest BCUT2D eigenvalue weighted by molar-refractivity contribution is 7.99. The van der Waals surface area contributed by atoms with Crippen molar-refractivity contribution in [3.8, 4) is 0 Å². The Morgan fingerprint density at radius 2 is 2.05 bits per heavy atom. The molecule has 3 aromatic rings. The summed E-state index contributed by atoms with van der Waals surface area (Å²) in [6.07, 6.45) is 0. The average molecular weight is 304 g/mol. The molecule has 0 amide bonds. The molecule has 0 atom stereocenters. The maximum Gasteiger partial charge on any atom is 0.261 e. The number of oxazole rings is 1. The van der Waals surface area contributed by atoms with Gasteiger partial charge in [0.1, 0.15) is 11.4 Å². The van der Waals surface area contributed by atoms with Gasteiger partial charge in [-0.25, -0.2) is 4.98 Å². The summed E-state index contributed by atoms with van der Waals surface area (Å²) in [6.45, 7) is 0. The lowest BCUT2D eigenvalue weighted by molar-refractivity contribution is 0.489. The lowest BCUT2D eigenvalue weighted by atomic mass is 10.2. The van der Waals surface area contributed by atoms with Gasteiger partial charge in [0.2, 0.25) is 0 Å². The summed E-state index contributed by atoms with van der Waals surface area (Å²) < 4.78 is 5.64. The van der Waals surface area contributed by atoms with Gasteiger partial charge in [-0.15, -0.1) is 0 Å². The van der Waals surface area contributed by atoms with E-state index in [1.165, 1.54) is 11.8 Å². The third-order valence-electron chi connectivity index (χ3n) is 2.71. The first kappa shape index (κ1) is 13.0. The van der Waals surface area contributed by atoms with Gasteiger partial charge in [0, 0.05) is 15.5 Å². The van der Waals surface area contributed by atoms with Crippen molar-refractivity contribution in [2.75, 3.05) is 0 Å². The number of fused-ring (bicyclic) bond motifs is 1. The third kappa shape index (κ3) is 2.50. The van der Waals surface area contributed by atoms with Gasteiger partial charge in [0.25, 0.3) is 5.22 Å². The van der Waals surface area contributed by atoms with Crippen molar-refractivity contribution < 1.29 is 4.42 Å². The topological polar surface area (TPSA) is 75.9 Å². The Balaban J connectivity index is 2.01. The number of para-hydroxylation sites is 2. The van der Waals surface area contributed by atoms with Gasteiger partial charge in [-0.2, -0.15) is 0 Å². The quantitative estimate of drug-likeness (QED) is 0.568. The highest BCUT2D eigenvalue weighted by atomic mass is 35.5. The van der Waals surface area contributed by atoms with Gasteiger partial charge in [-0.1, -0.05) is 23.7 Å². The molecule has 1 aromatic heterocycles. The van der Waals surface area contributed by atoms with Gasteiger partial charge in [0.15, 0.2) is 5.58 Å². The van der Waals surface area contributed by atoms with Crippen LogP contribution in [0.5, 0.6) is 0 Å². The Kier molecular flexibility index (Phi) is 3.38. The van der Waals surface area contributed by atoms with Crippen molar-refractivity contribution in [2.24, 2.45) is 5.73 Å². The van der Waals surface area contributed by atoms with E-state index in [4.69, 9.17) is 27.2 Å². The first-order valence-corrected chi connectivity index (χ1v) is 7.00. The summed E-state index contributed by atoms with van der Waals surface area (Å²) >= 11 is 7.29. The average Bonchev–Trinajstić information content (AvgIpc) is 2.80. The van der Waals surface area contributed by atoms with Crippen LogP contribution >= 0.6 is 23.4 Å². The van der Waals surface area contributed by atoms with E-state index >= 15 is 0 Å². The highest BCUT2D eigenvalue weighted by Crippen LogP contribution is 2.33. The number of benzene rings is 2. The van der Waals surface area contributed by atoms with E-state index in [2.05, 4.69) is 4.98 Å². The molecule has 0 fully saturated rings. The summed E-state index contributed by atoms with van der Waals surface area (Å²) in [5, 5.41) is 8.66. The lowest BCUT2D eigenvalue weighted by Gasteiger charge is -2.05. The van der Waals surface area contributed by atoms with E-state index < -0.39 is 0 Å². The number of rotatable bonds is 3. The fraction of sp³-hybridized carbons (Fsp3) is 0. The van der Waals surface area contributed by atoms with Gasteiger partial charge in [-0.05, 0) is 42.1 Å². The maximum atomic E-state index is 7.59. The Labute approximate surface area is 124 Å². The molecule has 3 rings (SSSR count). The van der Waals surface area contributed by atoms with Crippen LogP contribution in [-0.4, -0.2) is 10.8 Å². The van der Waals surface area contributed by atoms with Crippen LogP contribution < -0.4 is 5.73 Å². The number of nitrogens with zero attached hydrogens (tertiary/aromatic N) is 1. The van der Waals surface area contributed by atoms with E-state index in [9.17, 15) is 0 Å². The Bertz CT molecular complexity index is 767. The van der Waals surface area contributed by atoms with Crippen LogP contribution in [-0.2, 0) is 0 Å². The smallest absolute Gasteiger partial charge is 0.261 e. The van der Waals surface area contributed by atoms with E-state index in [0.717, 1.165) is 16.0 Å². The molecule has 0 spiro atoms. The summed E-state index contributed by atoms with van der Waals surface area (Å²) in [5.74, 6) is -0.0136. The first-order valence-electron chi connectivity index (χ1n) is 5.81. The summed E-state index contributed by atoms with van der Waals surface area (Å²) in [4.78, 5) is 5.13. The molecule has 0 aliphatic heterocycles. The number of hydrogen-bond acceptors (Lipinski definition) is 4. The van der Waals surface area contributed by atoms with Crippen molar-refractivity contribution in [1.29, 1.82) is 5.41 Å². The van der Waals surface area contributed by atoms with Crippen LogP contribution in [0, 0.1) is 5.41 Å². The maximum absolute atomic E-state index is 7.59. The molecular weight excluding hydrogens is 294 g/mol. The molecule has 6 heteroatoms. The third-order valence-corrected chi connectivity index (χ3v) is 3.85. The van der Waals surface area contributed by atoms with Crippen molar-refractivity contribution in [1.82, 2.24) is 4.98 Å². The number of aromatic nitrogens is 1. The molecule has 3 N–H and O–H groups in total. The summed E-state index contributed by atoms with van der Waals surface area (Å²) in [5.41, 5.74) is 7.70. The number of nitrogens with one attached hydrogen (secondary N) is 1. The van der Waals surface area contributed by atoms with Crippen molar-refractivity contribution in [3.05, 3.63) is 53.1 Å². The second-order valence-electron chi connectivity index (χ2n) is 4.10. The Morgan fingerprint density at radius 1 is 1.25 bits per heavy atom. The molecule has 100 valence electrons. The fourth-order valence-corrected chi connectivity index (χ4v) is 2.97. The zero-order valence-corrected chi connectivity index (χ0v) is 11.8. The van der Waals surface area contributed by atoms with Crippen LogP contribution in [0.25, 0.3) is 11.1 Å². The Hall–Kier alpha value is -1.98. The first-order chi connectivity index (χ1) is 9.63. The Morgan fingerprint density at radius 3 is 2.80 bits per heavy atom. The van der Waals surface area contributed by atoms with E-state index in [0.29, 0.717) is 15.8 Å². The molecule has 2 aromatic carbocycles. The van der Waals surface area contributed by atoms with E-state index in [1.807, 2.05) is 24.3 Å². The number of nitrogens with two attached hydrogens (primary N) is 1. The minimum Gasteiger partial charge on any atom is -0.431 e. The minimum atomic E-state index is -0.0136. The predicted molar refractivity (Wildman–Crippen MR) is 80.6 cm³/mol. The predicted octanol–water partition coefficient (Wildman–Crippen LogP) is 3.92. The molecule has 0 bridgehead atoms. The van der Waals surface area contributed by atoms with Gasteiger partial charge < -0.3 is 10.2 Å². The monoisotopic (exact) mass is 303 g/mol. The molecule has 0 radical (unpaired) electrons. The molecule has 1 heterocycles. The molecular formula is C14H10ClN3OS. The standard InChI is InChI=1S/C14H10ClN3OS/c15-8-5-6-9(13(16)17)12(7-8)20-14-18-10-3-1-2-4-11(10)19-14/h1-7H,(H3,16,17). The highest BCUT2D eigenvalue weighted by Gasteiger charge is 2.12. The normalized spacial score (nSPS) is 10.8. The van der Waals surface area contributed by atoms with Gasteiger partial charge in [-0.3, -0.25) is 5.41 Å².